The summed E-state index contributed by atoms with van der Waals surface area (Å²) in [5, 5.41) is 3.52. The van der Waals surface area contributed by atoms with Crippen LogP contribution in [0.1, 0.15) is 25.0 Å². The van der Waals surface area contributed by atoms with Crippen LogP contribution in [0.4, 0.5) is 10.1 Å². The molecule has 0 aliphatic rings. The van der Waals surface area contributed by atoms with E-state index in [2.05, 4.69) is 21.2 Å². The van der Waals surface area contributed by atoms with E-state index in [1.165, 1.54) is 18.2 Å². The Morgan fingerprint density at radius 3 is 2.81 bits per heavy atom. The Morgan fingerprint density at radius 1 is 1.33 bits per heavy atom. The summed E-state index contributed by atoms with van der Waals surface area (Å²) in [6.45, 7) is 6.15. The van der Waals surface area contributed by atoms with Crippen LogP contribution < -0.4 is 10.1 Å². The molecule has 3 rings (SSSR count). The summed E-state index contributed by atoms with van der Waals surface area (Å²) >= 11 is 3.19. The number of nitrogens with one attached hydrogen (secondary N) is 1. The number of anilines is 1. The fraction of sp³-hybridized carbons (Fsp3) is 0.190. The first-order chi connectivity index (χ1) is 12.9. The number of furan rings is 1. The molecule has 0 saturated heterocycles. The Bertz CT molecular complexity index is 1040. The summed E-state index contributed by atoms with van der Waals surface area (Å²) in [6, 6.07) is 8.24. The number of fused-ring (bicyclic) bond motifs is 1. The van der Waals surface area contributed by atoms with Crippen LogP contribution in [0.5, 0.6) is 5.75 Å². The summed E-state index contributed by atoms with van der Waals surface area (Å²) in [6.07, 6.45) is 3.12. The molecule has 0 atom stereocenters. The van der Waals surface area contributed by atoms with Crippen molar-refractivity contribution in [1.82, 2.24) is 0 Å². The molecule has 1 N–H and O–H groups in total. The van der Waals surface area contributed by atoms with Crippen LogP contribution in [-0.4, -0.2) is 12.5 Å². The van der Waals surface area contributed by atoms with Crippen LogP contribution in [-0.2, 0) is 4.79 Å². The fourth-order valence-corrected chi connectivity index (χ4v) is 3.13. The molecule has 1 aromatic heterocycles. The third-order valence-electron chi connectivity index (χ3n) is 4.13. The second-order valence-electron chi connectivity index (χ2n) is 6.14. The van der Waals surface area contributed by atoms with Gasteiger partial charge in [0.1, 0.15) is 17.1 Å². The van der Waals surface area contributed by atoms with Gasteiger partial charge in [-0.1, -0.05) is 15.9 Å². The van der Waals surface area contributed by atoms with Gasteiger partial charge in [0.25, 0.3) is 0 Å². The van der Waals surface area contributed by atoms with Crippen molar-refractivity contribution in [2.24, 2.45) is 0 Å². The van der Waals surface area contributed by atoms with Crippen LogP contribution >= 0.6 is 15.9 Å². The highest BCUT2D eigenvalue weighted by molar-refractivity contribution is 9.10. The van der Waals surface area contributed by atoms with Crippen LogP contribution in [0, 0.1) is 12.7 Å². The Morgan fingerprint density at radius 2 is 2.11 bits per heavy atom. The van der Waals surface area contributed by atoms with E-state index in [-0.39, 0.29) is 5.69 Å². The van der Waals surface area contributed by atoms with Crippen molar-refractivity contribution >= 4 is 44.1 Å². The Kier molecular flexibility index (Phi) is 5.65. The largest absolute Gasteiger partial charge is 0.493 e. The predicted octanol–water partition coefficient (Wildman–Crippen LogP) is 6.08. The molecule has 1 heterocycles. The van der Waals surface area contributed by atoms with Gasteiger partial charge in [-0.2, -0.15) is 0 Å². The minimum absolute atomic E-state index is 0.124. The van der Waals surface area contributed by atoms with Gasteiger partial charge in [-0.05, 0) is 56.2 Å². The summed E-state index contributed by atoms with van der Waals surface area (Å²) in [5.41, 5.74) is 3.35. The predicted molar refractivity (Wildman–Crippen MR) is 109 cm³/mol. The fourth-order valence-electron chi connectivity index (χ4n) is 2.80. The highest BCUT2D eigenvalue weighted by Crippen LogP contribution is 2.33. The third kappa shape index (κ3) is 4.22. The molecule has 0 aliphatic carbocycles. The number of amides is 1. The van der Waals surface area contributed by atoms with Crippen molar-refractivity contribution in [1.29, 1.82) is 0 Å². The van der Waals surface area contributed by atoms with Gasteiger partial charge in [0.05, 0.1) is 18.6 Å². The minimum Gasteiger partial charge on any atom is -0.493 e. The summed E-state index contributed by atoms with van der Waals surface area (Å²) in [7, 11) is 0. The molecule has 27 heavy (non-hydrogen) atoms. The second kappa shape index (κ2) is 7.96. The van der Waals surface area contributed by atoms with E-state index < -0.39 is 11.7 Å². The Labute approximate surface area is 165 Å². The average Bonchev–Trinajstić information content (AvgIpc) is 2.97. The van der Waals surface area contributed by atoms with Crippen LogP contribution in [0.25, 0.3) is 16.5 Å². The van der Waals surface area contributed by atoms with Crippen molar-refractivity contribution in [2.75, 3.05) is 11.9 Å². The van der Waals surface area contributed by atoms with Crippen molar-refractivity contribution in [3.05, 3.63) is 64.1 Å². The SMILES string of the molecule is CCOc1cc2occ(C)c2cc1/C(C)=C/C(=O)Nc1ccc(Br)cc1F. The quantitative estimate of drug-likeness (QED) is 0.497. The smallest absolute Gasteiger partial charge is 0.248 e. The molecular weight excluding hydrogens is 413 g/mol. The zero-order chi connectivity index (χ0) is 19.6. The van der Waals surface area contributed by atoms with Gasteiger partial charge in [0, 0.05) is 27.6 Å². The highest BCUT2D eigenvalue weighted by Gasteiger charge is 2.13. The number of ether oxygens (including phenoxy) is 1. The van der Waals surface area contributed by atoms with Gasteiger partial charge in [-0.15, -0.1) is 0 Å². The standard InChI is InChI=1S/C21H19BrFNO3/c1-4-26-19-10-20-16(13(3)11-27-20)9-15(19)12(2)7-21(25)24-18-6-5-14(22)8-17(18)23/h5-11H,4H2,1-3H3,(H,24,25)/b12-7+. The first-order valence-corrected chi connectivity index (χ1v) is 9.27. The van der Waals surface area contributed by atoms with Crippen molar-refractivity contribution in [3.8, 4) is 5.75 Å². The molecule has 6 heteroatoms. The van der Waals surface area contributed by atoms with E-state index in [1.54, 1.807) is 12.3 Å². The number of hydrogen-bond donors (Lipinski definition) is 1. The molecule has 0 aliphatic heterocycles. The van der Waals surface area contributed by atoms with Crippen LogP contribution in [0.15, 0.2) is 51.6 Å². The highest BCUT2D eigenvalue weighted by atomic mass is 79.9. The third-order valence-corrected chi connectivity index (χ3v) is 4.62. The first kappa shape index (κ1) is 19.2. The number of carbonyl (C=O) groups is 1. The number of hydrogen-bond acceptors (Lipinski definition) is 3. The molecule has 0 fully saturated rings. The van der Waals surface area contributed by atoms with Crippen molar-refractivity contribution in [2.45, 2.75) is 20.8 Å². The van der Waals surface area contributed by atoms with E-state index in [4.69, 9.17) is 9.15 Å². The Balaban J connectivity index is 1.93. The van der Waals surface area contributed by atoms with E-state index in [0.717, 1.165) is 22.1 Å². The second-order valence-corrected chi connectivity index (χ2v) is 7.05. The van der Waals surface area contributed by atoms with Crippen molar-refractivity contribution < 1.29 is 18.3 Å². The first-order valence-electron chi connectivity index (χ1n) is 8.48. The maximum absolute atomic E-state index is 13.9. The van der Waals surface area contributed by atoms with Gasteiger partial charge in [-0.25, -0.2) is 4.39 Å². The number of halogens is 2. The van der Waals surface area contributed by atoms with Gasteiger partial charge < -0.3 is 14.5 Å². The monoisotopic (exact) mass is 431 g/mol. The minimum atomic E-state index is -0.505. The van der Waals surface area contributed by atoms with Crippen LogP contribution in [0.2, 0.25) is 0 Å². The van der Waals surface area contributed by atoms with Gasteiger partial charge in [0.15, 0.2) is 0 Å². The molecule has 0 spiro atoms. The van der Waals surface area contributed by atoms with Gasteiger partial charge >= 0.3 is 0 Å². The van der Waals surface area contributed by atoms with Gasteiger partial charge in [0.2, 0.25) is 5.91 Å². The van der Waals surface area contributed by atoms with E-state index in [1.807, 2.05) is 32.9 Å². The lowest BCUT2D eigenvalue weighted by molar-refractivity contribution is -0.111. The lowest BCUT2D eigenvalue weighted by Crippen LogP contribution is -2.10. The molecule has 2 aromatic carbocycles. The molecule has 1 amide bonds. The topological polar surface area (TPSA) is 51.5 Å². The maximum Gasteiger partial charge on any atom is 0.248 e. The molecule has 0 unspecified atom stereocenters. The summed E-state index contributed by atoms with van der Waals surface area (Å²) in [5.74, 6) is -0.287. The molecule has 140 valence electrons. The zero-order valence-corrected chi connectivity index (χ0v) is 16.8. The maximum atomic E-state index is 13.9. The number of allylic oxidation sites excluding steroid dienone is 1. The van der Waals surface area contributed by atoms with E-state index in [9.17, 15) is 9.18 Å². The molecule has 0 bridgehead atoms. The zero-order valence-electron chi connectivity index (χ0n) is 15.2. The molecular formula is C21H19BrFNO3. The molecule has 3 aromatic rings. The molecule has 0 radical (unpaired) electrons. The summed E-state index contributed by atoms with van der Waals surface area (Å²) < 4.78 is 25.8. The number of carbonyl (C=O) groups excluding carboxylic acids is 1. The number of benzene rings is 2. The van der Waals surface area contributed by atoms with E-state index in [0.29, 0.717) is 22.4 Å². The van der Waals surface area contributed by atoms with Crippen LogP contribution in [0.3, 0.4) is 0 Å². The number of aryl methyl sites for hydroxylation is 1. The summed E-state index contributed by atoms with van der Waals surface area (Å²) in [4.78, 5) is 12.4. The normalized spacial score (nSPS) is 11.7. The lowest BCUT2D eigenvalue weighted by Gasteiger charge is -2.11. The lowest BCUT2D eigenvalue weighted by atomic mass is 10.0. The molecule has 0 saturated carbocycles. The molecule has 4 nitrogen and oxygen atoms in total. The average molecular weight is 432 g/mol. The van der Waals surface area contributed by atoms with E-state index >= 15 is 0 Å². The Hall–Kier alpha value is -2.60. The number of rotatable bonds is 5. The van der Waals surface area contributed by atoms with Gasteiger partial charge in [-0.3, -0.25) is 4.79 Å². The van der Waals surface area contributed by atoms with Crippen molar-refractivity contribution in [3.63, 3.8) is 0 Å².